The summed E-state index contributed by atoms with van der Waals surface area (Å²) in [5, 5.41) is 7.56. The molecule has 3 aromatic heterocycles. The lowest BCUT2D eigenvalue weighted by molar-refractivity contribution is -0.116. The lowest BCUT2D eigenvalue weighted by Crippen LogP contribution is -2.24. The van der Waals surface area contributed by atoms with Crippen LogP contribution in [0.15, 0.2) is 39.9 Å². The molecule has 3 heterocycles. The van der Waals surface area contributed by atoms with Crippen LogP contribution >= 0.6 is 11.3 Å². The van der Waals surface area contributed by atoms with Crippen molar-refractivity contribution in [3.63, 3.8) is 0 Å². The molecular formula is C22H21N5O3S. The summed E-state index contributed by atoms with van der Waals surface area (Å²) in [7, 11) is 0. The second kappa shape index (κ2) is 8.07. The van der Waals surface area contributed by atoms with Crippen LogP contribution in [0.1, 0.15) is 35.6 Å². The molecule has 0 spiro atoms. The number of carbonyl (C=O) groups is 1. The molecule has 1 N–H and O–H groups in total. The second-order valence-electron chi connectivity index (χ2n) is 7.61. The minimum atomic E-state index is -0.202. The number of nitrogens with zero attached hydrogens (tertiary/aromatic N) is 4. The van der Waals surface area contributed by atoms with Gasteiger partial charge in [-0.25, -0.2) is 4.98 Å². The Morgan fingerprint density at radius 1 is 1.26 bits per heavy atom. The van der Waals surface area contributed by atoms with Crippen LogP contribution in [-0.2, 0) is 24.2 Å². The normalized spacial score (nSPS) is 13.3. The number of amides is 1. The van der Waals surface area contributed by atoms with Crippen molar-refractivity contribution in [1.82, 2.24) is 19.7 Å². The van der Waals surface area contributed by atoms with Gasteiger partial charge in [-0.1, -0.05) is 17.3 Å². The third-order valence-electron chi connectivity index (χ3n) is 5.49. The first-order valence-electron chi connectivity index (χ1n) is 10.3. The summed E-state index contributed by atoms with van der Waals surface area (Å²) in [5.41, 5.74) is 2.38. The molecular weight excluding hydrogens is 414 g/mol. The predicted molar refractivity (Wildman–Crippen MR) is 118 cm³/mol. The molecule has 9 heteroatoms. The number of aromatic nitrogens is 4. The Hall–Kier alpha value is -3.33. The first kappa shape index (κ1) is 19.6. The standard InChI is InChI=1S/C22H21N5O3S/c1-13-24-20(26-30-13)14-6-2-4-8-16(14)25-18(28)10-11-27-12-23-21-19(22(27)29)15-7-3-5-9-17(15)31-21/h2,4,6,8,12H,3,5,7,9-11H2,1H3,(H,25,28). The quantitative estimate of drug-likeness (QED) is 0.512. The number of carbonyl (C=O) groups excluding carboxylic acids is 1. The highest BCUT2D eigenvalue weighted by molar-refractivity contribution is 7.18. The molecule has 31 heavy (non-hydrogen) atoms. The van der Waals surface area contributed by atoms with Crippen molar-refractivity contribution >= 4 is 33.1 Å². The fraction of sp³-hybridized carbons (Fsp3) is 0.318. The summed E-state index contributed by atoms with van der Waals surface area (Å²) in [5.74, 6) is 0.669. The minimum absolute atomic E-state index is 0.0557. The van der Waals surface area contributed by atoms with Gasteiger partial charge in [0.1, 0.15) is 4.83 Å². The van der Waals surface area contributed by atoms with Crippen LogP contribution in [0.4, 0.5) is 5.69 Å². The first-order chi connectivity index (χ1) is 15.1. The van der Waals surface area contributed by atoms with Crippen LogP contribution < -0.4 is 10.9 Å². The van der Waals surface area contributed by atoms with Gasteiger partial charge in [0.05, 0.1) is 17.4 Å². The van der Waals surface area contributed by atoms with Crippen molar-refractivity contribution in [2.24, 2.45) is 0 Å². The average molecular weight is 436 g/mol. The molecule has 0 radical (unpaired) electrons. The van der Waals surface area contributed by atoms with Gasteiger partial charge in [0.25, 0.3) is 5.56 Å². The molecule has 0 aliphatic heterocycles. The molecule has 0 unspecified atom stereocenters. The van der Waals surface area contributed by atoms with E-state index in [4.69, 9.17) is 4.52 Å². The SMILES string of the molecule is Cc1nc(-c2ccccc2NC(=O)CCn2cnc3sc4c(c3c2=O)CCCC4)no1. The van der Waals surface area contributed by atoms with Crippen molar-refractivity contribution in [2.75, 3.05) is 5.32 Å². The maximum atomic E-state index is 13.0. The molecule has 1 amide bonds. The van der Waals surface area contributed by atoms with Gasteiger partial charge in [-0.2, -0.15) is 4.98 Å². The molecule has 1 aromatic carbocycles. The summed E-state index contributed by atoms with van der Waals surface area (Å²) in [6, 6.07) is 7.28. The van der Waals surface area contributed by atoms with Crippen molar-refractivity contribution in [1.29, 1.82) is 0 Å². The van der Waals surface area contributed by atoms with Gasteiger partial charge in [-0.05, 0) is 43.4 Å². The van der Waals surface area contributed by atoms with Crippen LogP contribution in [0.5, 0.6) is 0 Å². The summed E-state index contributed by atoms with van der Waals surface area (Å²) < 4.78 is 6.59. The third-order valence-corrected chi connectivity index (χ3v) is 6.69. The number of benzene rings is 1. The largest absolute Gasteiger partial charge is 0.339 e. The number of thiophene rings is 1. The number of para-hydroxylation sites is 1. The third kappa shape index (κ3) is 3.76. The zero-order valence-electron chi connectivity index (χ0n) is 17.1. The van der Waals surface area contributed by atoms with Gasteiger partial charge < -0.3 is 9.84 Å². The molecule has 8 nitrogen and oxygen atoms in total. The van der Waals surface area contributed by atoms with Crippen molar-refractivity contribution < 1.29 is 9.32 Å². The van der Waals surface area contributed by atoms with Crippen LogP contribution in [-0.4, -0.2) is 25.6 Å². The summed E-state index contributed by atoms with van der Waals surface area (Å²) in [6.07, 6.45) is 5.93. The number of nitrogens with one attached hydrogen (secondary N) is 1. The maximum absolute atomic E-state index is 13.0. The van der Waals surface area contributed by atoms with Crippen molar-refractivity contribution in [3.8, 4) is 11.4 Å². The number of hydrogen-bond acceptors (Lipinski definition) is 7. The fourth-order valence-corrected chi connectivity index (χ4v) is 5.19. The zero-order valence-corrected chi connectivity index (χ0v) is 17.9. The van der Waals surface area contributed by atoms with E-state index in [0.717, 1.165) is 35.0 Å². The summed E-state index contributed by atoms with van der Waals surface area (Å²) in [4.78, 5) is 36.5. The number of rotatable bonds is 5. The number of hydrogen-bond donors (Lipinski definition) is 1. The lowest BCUT2D eigenvalue weighted by Gasteiger charge is -2.11. The molecule has 4 aromatic rings. The Morgan fingerprint density at radius 3 is 2.94 bits per heavy atom. The van der Waals surface area contributed by atoms with Gasteiger partial charge in [0.15, 0.2) is 0 Å². The highest BCUT2D eigenvalue weighted by Crippen LogP contribution is 2.33. The molecule has 5 rings (SSSR count). The Kier molecular flexibility index (Phi) is 5.11. The van der Waals surface area contributed by atoms with Crippen LogP contribution in [0.25, 0.3) is 21.6 Å². The number of fused-ring (bicyclic) bond motifs is 3. The highest BCUT2D eigenvalue weighted by Gasteiger charge is 2.20. The van der Waals surface area contributed by atoms with Gasteiger partial charge in [-0.15, -0.1) is 11.3 Å². The lowest BCUT2D eigenvalue weighted by atomic mass is 9.97. The Balaban J connectivity index is 1.33. The fourth-order valence-electron chi connectivity index (χ4n) is 3.97. The topological polar surface area (TPSA) is 103 Å². The van der Waals surface area contributed by atoms with Crippen LogP contribution in [0, 0.1) is 6.92 Å². The van der Waals surface area contributed by atoms with Gasteiger partial charge in [0, 0.05) is 30.3 Å². The zero-order chi connectivity index (χ0) is 21.4. The summed E-state index contributed by atoms with van der Waals surface area (Å²) >= 11 is 1.63. The molecule has 1 aliphatic carbocycles. The minimum Gasteiger partial charge on any atom is -0.339 e. The highest BCUT2D eigenvalue weighted by atomic mass is 32.1. The Bertz CT molecular complexity index is 1340. The molecule has 0 saturated heterocycles. The molecule has 0 saturated carbocycles. The average Bonchev–Trinajstić information content (AvgIpc) is 3.37. The van der Waals surface area contributed by atoms with E-state index in [2.05, 4.69) is 20.4 Å². The van der Waals surface area contributed by atoms with Crippen LogP contribution in [0.3, 0.4) is 0 Å². The predicted octanol–water partition coefficient (Wildman–Crippen LogP) is 3.72. The molecule has 0 bridgehead atoms. The number of aryl methyl sites for hydroxylation is 4. The number of anilines is 1. The smallest absolute Gasteiger partial charge is 0.262 e. The van der Waals surface area contributed by atoms with E-state index in [1.54, 1.807) is 30.7 Å². The molecule has 0 fully saturated rings. The van der Waals surface area contributed by atoms with E-state index in [0.29, 0.717) is 23.0 Å². The molecule has 0 atom stereocenters. The van der Waals surface area contributed by atoms with Crippen LogP contribution in [0.2, 0.25) is 0 Å². The van der Waals surface area contributed by atoms with E-state index >= 15 is 0 Å². The van der Waals surface area contributed by atoms with Gasteiger partial charge >= 0.3 is 0 Å². The molecule has 158 valence electrons. The van der Waals surface area contributed by atoms with Crippen molar-refractivity contribution in [2.45, 2.75) is 45.6 Å². The first-order valence-corrected chi connectivity index (χ1v) is 11.1. The van der Waals surface area contributed by atoms with E-state index < -0.39 is 0 Å². The van der Waals surface area contributed by atoms with Crippen molar-refractivity contribution in [3.05, 3.63) is 57.3 Å². The Morgan fingerprint density at radius 2 is 2.10 bits per heavy atom. The summed E-state index contributed by atoms with van der Waals surface area (Å²) in [6.45, 7) is 1.98. The molecule has 1 aliphatic rings. The van der Waals surface area contributed by atoms with Gasteiger partial charge in [-0.3, -0.25) is 14.2 Å². The van der Waals surface area contributed by atoms with Gasteiger partial charge in [0.2, 0.25) is 17.6 Å². The van der Waals surface area contributed by atoms with E-state index in [1.165, 1.54) is 15.9 Å². The monoisotopic (exact) mass is 435 g/mol. The van der Waals surface area contributed by atoms with E-state index in [-0.39, 0.29) is 24.4 Å². The van der Waals surface area contributed by atoms with E-state index in [9.17, 15) is 9.59 Å². The Labute approximate surface area is 181 Å². The maximum Gasteiger partial charge on any atom is 0.262 e. The second-order valence-corrected chi connectivity index (χ2v) is 8.70. The van der Waals surface area contributed by atoms with E-state index in [1.807, 2.05) is 18.2 Å².